The van der Waals surface area contributed by atoms with Crippen LogP contribution in [0.1, 0.15) is 0 Å². The van der Waals surface area contributed by atoms with Crippen LogP contribution in [0.5, 0.6) is 0 Å². The SMILES string of the molecule is c1ccc(-c2ccc(N(c3ccc(-c4cccc5c4oc4ccccc45)cc3)c3cc(-c4cc5ccccc5c5ccccc45)ccc3-c3ccccc3)cc2)cc1. The third kappa shape index (κ3) is 5.82. The summed E-state index contributed by atoms with van der Waals surface area (Å²) in [5.41, 5.74) is 14.3. The molecule has 0 aliphatic heterocycles. The molecule has 0 aliphatic rings. The average molecular weight is 740 g/mol. The maximum Gasteiger partial charge on any atom is 0.143 e. The van der Waals surface area contributed by atoms with Gasteiger partial charge in [-0.2, -0.15) is 0 Å². The molecule has 0 aliphatic carbocycles. The van der Waals surface area contributed by atoms with E-state index in [1.807, 2.05) is 12.1 Å². The highest BCUT2D eigenvalue weighted by molar-refractivity contribution is 6.14. The van der Waals surface area contributed by atoms with Crippen LogP contribution in [0.3, 0.4) is 0 Å². The van der Waals surface area contributed by atoms with E-state index in [4.69, 9.17) is 4.42 Å². The molecule has 0 N–H and O–H groups in total. The lowest BCUT2D eigenvalue weighted by atomic mass is 9.91. The Morgan fingerprint density at radius 1 is 0.293 bits per heavy atom. The van der Waals surface area contributed by atoms with E-state index in [0.717, 1.165) is 66.8 Å². The number of fused-ring (bicyclic) bond motifs is 6. The van der Waals surface area contributed by atoms with Gasteiger partial charge in [-0.05, 0) is 97.4 Å². The van der Waals surface area contributed by atoms with E-state index in [9.17, 15) is 0 Å². The van der Waals surface area contributed by atoms with E-state index < -0.39 is 0 Å². The van der Waals surface area contributed by atoms with Crippen LogP contribution in [0, 0.1) is 0 Å². The minimum absolute atomic E-state index is 0.902. The summed E-state index contributed by atoms with van der Waals surface area (Å²) in [6.45, 7) is 0. The van der Waals surface area contributed by atoms with Crippen molar-refractivity contribution in [1.82, 2.24) is 0 Å². The predicted molar refractivity (Wildman–Crippen MR) is 245 cm³/mol. The predicted octanol–water partition coefficient (Wildman–Crippen LogP) is 16.0. The van der Waals surface area contributed by atoms with Crippen LogP contribution in [-0.2, 0) is 0 Å². The Hall–Kier alpha value is -7.68. The first-order valence-electron chi connectivity index (χ1n) is 19.8. The van der Waals surface area contributed by atoms with Crippen LogP contribution in [0.2, 0.25) is 0 Å². The number of furan rings is 1. The summed E-state index contributed by atoms with van der Waals surface area (Å²) in [7, 11) is 0. The van der Waals surface area contributed by atoms with Gasteiger partial charge < -0.3 is 9.32 Å². The normalized spacial score (nSPS) is 11.4. The number of para-hydroxylation sites is 2. The fourth-order valence-corrected chi connectivity index (χ4v) is 8.66. The van der Waals surface area contributed by atoms with Gasteiger partial charge in [-0.15, -0.1) is 0 Å². The number of hydrogen-bond acceptors (Lipinski definition) is 2. The maximum absolute atomic E-state index is 6.47. The second-order valence-electron chi connectivity index (χ2n) is 14.9. The van der Waals surface area contributed by atoms with Crippen molar-refractivity contribution in [2.24, 2.45) is 0 Å². The average Bonchev–Trinajstić information content (AvgIpc) is 3.69. The smallest absolute Gasteiger partial charge is 0.143 e. The third-order valence-electron chi connectivity index (χ3n) is 11.5. The van der Waals surface area contributed by atoms with Crippen LogP contribution in [-0.4, -0.2) is 0 Å². The Morgan fingerprint density at radius 2 is 0.828 bits per heavy atom. The number of rotatable bonds is 7. The van der Waals surface area contributed by atoms with E-state index in [0.29, 0.717) is 0 Å². The zero-order chi connectivity index (χ0) is 38.4. The van der Waals surface area contributed by atoms with Gasteiger partial charge in [0.05, 0.1) is 5.69 Å². The van der Waals surface area contributed by atoms with Gasteiger partial charge in [0.1, 0.15) is 11.2 Å². The number of hydrogen-bond donors (Lipinski definition) is 0. The second-order valence-corrected chi connectivity index (χ2v) is 14.9. The van der Waals surface area contributed by atoms with Gasteiger partial charge in [0, 0.05) is 33.3 Å². The van der Waals surface area contributed by atoms with Crippen molar-refractivity contribution in [1.29, 1.82) is 0 Å². The van der Waals surface area contributed by atoms with Crippen LogP contribution >= 0.6 is 0 Å². The largest absolute Gasteiger partial charge is 0.455 e. The monoisotopic (exact) mass is 739 g/mol. The van der Waals surface area contributed by atoms with Crippen molar-refractivity contribution in [3.8, 4) is 44.5 Å². The van der Waals surface area contributed by atoms with E-state index in [1.165, 1.54) is 38.2 Å². The molecule has 2 heteroatoms. The minimum Gasteiger partial charge on any atom is -0.455 e. The summed E-state index contributed by atoms with van der Waals surface area (Å²) in [5.74, 6) is 0. The lowest BCUT2D eigenvalue weighted by molar-refractivity contribution is 0.670. The molecule has 0 radical (unpaired) electrons. The molecule has 0 fully saturated rings. The molecule has 0 saturated heterocycles. The summed E-state index contributed by atoms with van der Waals surface area (Å²) in [6, 6.07) is 80.8. The Bertz CT molecular complexity index is 3250. The maximum atomic E-state index is 6.47. The van der Waals surface area contributed by atoms with Crippen molar-refractivity contribution in [3.05, 3.63) is 224 Å². The van der Waals surface area contributed by atoms with Crippen molar-refractivity contribution in [2.45, 2.75) is 0 Å². The lowest BCUT2D eigenvalue weighted by Gasteiger charge is -2.29. The quantitative estimate of drug-likeness (QED) is 0.151. The zero-order valence-corrected chi connectivity index (χ0v) is 31.7. The second kappa shape index (κ2) is 14.1. The van der Waals surface area contributed by atoms with Gasteiger partial charge in [0.15, 0.2) is 0 Å². The molecule has 11 rings (SSSR count). The summed E-state index contributed by atoms with van der Waals surface area (Å²) in [6.07, 6.45) is 0. The summed E-state index contributed by atoms with van der Waals surface area (Å²) in [4.78, 5) is 2.41. The minimum atomic E-state index is 0.902. The van der Waals surface area contributed by atoms with Gasteiger partial charge in [-0.1, -0.05) is 182 Å². The van der Waals surface area contributed by atoms with Gasteiger partial charge in [-0.25, -0.2) is 0 Å². The van der Waals surface area contributed by atoms with Crippen LogP contribution < -0.4 is 4.90 Å². The Balaban J connectivity index is 1.12. The molecular weight excluding hydrogens is 703 g/mol. The molecule has 0 spiro atoms. The Morgan fingerprint density at radius 3 is 1.57 bits per heavy atom. The van der Waals surface area contributed by atoms with Crippen LogP contribution in [0.25, 0.3) is 88.0 Å². The molecule has 10 aromatic carbocycles. The van der Waals surface area contributed by atoms with E-state index in [1.54, 1.807) is 0 Å². The molecule has 272 valence electrons. The van der Waals surface area contributed by atoms with Crippen molar-refractivity contribution >= 4 is 60.5 Å². The van der Waals surface area contributed by atoms with Crippen LogP contribution in [0.4, 0.5) is 17.1 Å². The number of anilines is 3. The van der Waals surface area contributed by atoms with Gasteiger partial charge in [0.25, 0.3) is 0 Å². The fourth-order valence-electron chi connectivity index (χ4n) is 8.66. The highest BCUT2D eigenvalue weighted by Crippen LogP contribution is 2.46. The highest BCUT2D eigenvalue weighted by atomic mass is 16.3. The van der Waals surface area contributed by atoms with Gasteiger partial charge in [-0.3, -0.25) is 0 Å². The fraction of sp³-hybridized carbons (Fsp3) is 0. The molecule has 58 heavy (non-hydrogen) atoms. The first-order valence-corrected chi connectivity index (χ1v) is 19.8. The molecular formula is C56H37NO. The van der Waals surface area contributed by atoms with E-state index in [-0.39, 0.29) is 0 Å². The molecule has 0 bridgehead atoms. The molecule has 0 saturated carbocycles. The summed E-state index contributed by atoms with van der Waals surface area (Å²) in [5, 5.41) is 7.25. The first kappa shape index (κ1) is 33.6. The van der Waals surface area contributed by atoms with Gasteiger partial charge >= 0.3 is 0 Å². The van der Waals surface area contributed by atoms with Crippen molar-refractivity contribution in [2.75, 3.05) is 4.90 Å². The number of nitrogens with zero attached hydrogens (tertiary/aromatic N) is 1. The summed E-state index contributed by atoms with van der Waals surface area (Å²) >= 11 is 0. The lowest BCUT2D eigenvalue weighted by Crippen LogP contribution is -2.11. The molecule has 2 nitrogen and oxygen atoms in total. The molecule has 1 aromatic heterocycles. The summed E-state index contributed by atoms with van der Waals surface area (Å²) < 4.78 is 6.47. The van der Waals surface area contributed by atoms with Gasteiger partial charge in [0.2, 0.25) is 0 Å². The molecule has 0 amide bonds. The molecule has 11 aromatic rings. The standard InChI is InChI=1S/C56H37NO/c1-3-14-38(15-4-1)39-26-31-44(32-27-39)57(45-33-28-41(29-34-45)48-23-13-24-52-51-22-11-12-25-55(51)58-56(48)52)54-37-43(30-35-47(54)40-16-5-2-6-17-40)53-36-42-18-7-8-19-46(42)49-20-9-10-21-50(49)53/h1-37H. The topological polar surface area (TPSA) is 16.4 Å². The van der Waals surface area contributed by atoms with Crippen molar-refractivity contribution < 1.29 is 4.42 Å². The van der Waals surface area contributed by atoms with Crippen molar-refractivity contribution in [3.63, 3.8) is 0 Å². The molecule has 1 heterocycles. The Kier molecular flexibility index (Phi) is 8.19. The Labute approximate surface area is 337 Å². The van der Waals surface area contributed by atoms with E-state index >= 15 is 0 Å². The first-order chi connectivity index (χ1) is 28.8. The third-order valence-corrected chi connectivity index (χ3v) is 11.5. The van der Waals surface area contributed by atoms with Crippen LogP contribution in [0.15, 0.2) is 229 Å². The molecule has 0 atom stereocenters. The zero-order valence-electron chi connectivity index (χ0n) is 31.7. The van der Waals surface area contributed by atoms with E-state index in [2.05, 4.69) is 217 Å². The number of benzene rings is 10. The highest BCUT2D eigenvalue weighted by Gasteiger charge is 2.21. The molecule has 0 unspecified atom stereocenters.